The molecule has 21 heavy (non-hydrogen) atoms. The van der Waals surface area contributed by atoms with Crippen molar-refractivity contribution in [3.05, 3.63) is 53.6 Å². The number of rotatable bonds is 2. The van der Waals surface area contributed by atoms with Crippen molar-refractivity contribution in [2.75, 3.05) is 11.9 Å². The minimum absolute atomic E-state index is 0.00607. The van der Waals surface area contributed by atoms with Crippen LogP contribution in [0, 0.1) is 11.8 Å². The lowest BCUT2D eigenvalue weighted by Gasteiger charge is -2.07. The molecule has 0 unspecified atom stereocenters. The predicted molar refractivity (Wildman–Crippen MR) is 80.1 cm³/mol. The number of aromatic hydroxyl groups is 2. The van der Waals surface area contributed by atoms with Crippen LogP contribution in [-0.2, 0) is 0 Å². The van der Waals surface area contributed by atoms with E-state index in [1.54, 1.807) is 24.3 Å². The van der Waals surface area contributed by atoms with Crippen LogP contribution in [0.1, 0.15) is 15.9 Å². The van der Waals surface area contributed by atoms with Gasteiger partial charge in [0.2, 0.25) is 0 Å². The van der Waals surface area contributed by atoms with E-state index in [0.29, 0.717) is 5.69 Å². The summed E-state index contributed by atoms with van der Waals surface area (Å²) in [7, 11) is 0. The van der Waals surface area contributed by atoms with Crippen molar-refractivity contribution in [2.24, 2.45) is 5.73 Å². The maximum atomic E-state index is 12.1. The Bertz CT molecular complexity index is 730. The quantitative estimate of drug-likeness (QED) is 0.497. The molecule has 106 valence electrons. The first-order valence-electron chi connectivity index (χ1n) is 6.22. The summed E-state index contributed by atoms with van der Waals surface area (Å²) >= 11 is 0. The average molecular weight is 282 g/mol. The Morgan fingerprint density at radius 1 is 1.19 bits per heavy atom. The Balaban J connectivity index is 2.21. The third-order valence-corrected chi connectivity index (χ3v) is 2.68. The molecule has 1 amide bonds. The standard InChI is InChI=1S/C16H14N2O3/c17-8-2-4-11-3-1-5-12(9-11)18-16(21)14-10-13(19)6-7-15(14)20/h1,3,5-7,9-10,19-20H,8,17H2,(H,18,21). The molecule has 0 aliphatic rings. The molecule has 0 atom stereocenters. The number of phenolic OH excluding ortho intramolecular Hbond substituents is 2. The SMILES string of the molecule is NCC#Cc1cccc(NC(=O)c2cc(O)ccc2O)c1. The zero-order chi connectivity index (χ0) is 15.2. The molecular weight excluding hydrogens is 268 g/mol. The average Bonchev–Trinajstić information content (AvgIpc) is 2.48. The van der Waals surface area contributed by atoms with Crippen molar-refractivity contribution >= 4 is 11.6 Å². The number of hydrogen-bond donors (Lipinski definition) is 4. The number of benzene rings is 2. The van der Waals surface area contributed by atoms with Crippen LogP contribution in [0.25, 0.3) is 0 Å². The monoisotopic (exact) mass is 282 g/mol. The van der Waals surface area contributed by atoms with Crippen LogP contribution < -0.4 is 11.1 Å². The first-order chi connectivity index (χ1) is 10.1. The lowest BCUT2D eigenvalue weighted by molar-refractivity contribution is 0.102. The van der Waals surface area contributed by atoms with Gasteiger partial charge >= 0.3 is 0 Å². The summed E-state index contributed by atoms with van der Waals surface area (Å²) in [6.07, 6.45) is 0. The molecule has 0 saturated heterocycles. The van der Waals surface area contributed by atoms with Gasteiger partial charge in [-0.1, -0.05) is 17.9 Å². The Labute approximate surface area is 122 Å². The van der Waals surface area contributed by atoms with Crippen LogP contribution in [0.5, 0.6) is 11.5 Å². The molecule has 0 radical (unpaired) electrons. The number of nitrogens with one attached hydrogen (secondary N) is 1. The first-order valence-corrected chi connectivity index (χ1v) is 6.22. The van der Waals surface area contributed by atoms with E-state index in [0.717, 1.165) is 5.56 Å². The summed E-state index contributed by atoms with van der Waals surface area (Å²) in [5.41, 5.74) is 6.56. The molecule has 0 aliphatic heterocycles. The van der Waals surface area contributed by atoms with Crippen LogP contribution in [0.3, 0.4) is 0 Å². The van der Waals surface area contributed by atoms with Crippen molar-refractivity contribution < 1.29 is 15.0 Å². The van der Waals surface area contributed by atoms with Crippen LogP contribution >= 0.6 is 0 Å². The zero-order valence-corrected chi connectivity index (χ0v) is 11.1. The summed E-state index contributed by atoms with van der Waals surface area (Å²) in [5, 5.41) is 21.7. The van der Waals surface area contributed by atoms with Gasteiger partial charge in [0, 0.05) is 11.3 Å². The molecule has 2 rings (SSSR count). The minimum atomic E-state index is -0.521. The van der Waals surface area contributed by atoms with Gasteiger partial charge in [-0.15, -0.1) is 0 Å². The highest BCUT2D eigenvalue weighted by molar-refractivity contribution is 6.06. The number of carbonyl (C=O) groups excluding carboxylic acids is 1. The number of phenols is 2. The molecular formula is C16H14N2O3. The Kier molecular flexibility index (Phi) is 4.44. The molecule has 2 aromatic carbocycles. The normalized spacial score (nSPS) is 9.57. The molecule has 0 fully saturated rings. The minimum Gasteiger partial charge on any atom is -0.508 e. The maximum absolute atomic E-state index is 12.1. The van der Waals surface area contributed by atoms with Crippen molar-refractivity contribution in [2.45, 2.75) is 0 Å². The van der Waals surface area contributed by atoms with Crippen LogP contribution in [0.15, 0.2) is 42.5 Å². The van der Waals surface area contributed by atoms with Gasteiger partial charge in [0.25, 0.3) is 5.91 Å². The smallest absolute Gasteiger partial charge is 0.259 e. The largest absolute Gasteiger partial charge is 0.508 e. The molecule has 0 bridgehead atoms. The molecule has 5 heteroatoms. The van der Waals surface area contributed by atoms with E-state index in [2.05, 4.69) is 17.2 Å². The van der Waals surface area contributed by atoms with Gasteiger partial charge in [0.1, 0.15) is 11.5 Å². The van der Waals surface area contributed by atoms with Crippen molar-refractivity contribution in [3.8, 4) is 23.3 Å². The van der Waals surface area contributed by atoms with E-state index < -0.39 is 5.91 Å². The molecule has 5 nitrogen and oxygen atoms in total. The Hall–Kier alpha value is -2.97. The molecule has 0 saturated carbocycles. The third kappa shape index (κ3) is 3.75. The summed E-state index contributed by atoms with van der Waals surface area (Å²) in [4.78, 5) is 12.1. The fourth-order valence-corrected chi connectivity index (χ4v) is 1.73. The van der Waals surface area contributed by atoms with Crippen molar-refractivity contribution in [1.29, 1.82) is 0 Å². The molecule has 5 N–H and O–H groups in total. The number of amides is 1. The lowest BCUT2D eigenvalue weighted by Crippen LogP contribution is -2.12. The molecule has 0 heterocycles. The fraction of sp³-hybridized carbons (Fsp3) is 0.0625. The van der Waals surface area contributed by atoms with E-state index in [1.807, 2.05) is 0 Å². The fourth-order valence-electron chi connectivity index (χ4n) is 1.73. The molecule has 0 aromatic heterocycles. The number of carbonyl (C=O) groups is 1. The zero-order valence-electron chi connectivity index (χ0n) is 11.1. The summed E-state index contributed by atoms with van der Waals surface area (Å²) < 4.78 is 0. The predicted octanol–water partition coefficient (Wildman–Crippen LogP) is 1.66. The van der Waals surface area contributed by atoms with Crippen LogP contribution in [0.2, 0.25) is 0 Å². The van der Waals surface area contributed by atoms with E-state index in [9.17, 15) is 15.0 Å². The van der Waals surface area contributed by atoms with Gasteiger partial charge in [0.15, 0.2) is 0 Å². The van der Waals surface area contributed by atoms with Gasteiger partial charge in [0.05, 0.1) is 12.1 Å². The first kappa shape index (κ1) is 14.4. The van der Waals surface area contributed by atoms with Crippen molar-refractivity contribution in [3.63, 3.8) is 0 Å². The topological polar surface area (TPSA) is 95.6 Å². The molecule has 2 aromatic rings. The number of hydrogen-bond acceptors (Lipinski definition) is 4. The van der Waals surface area contributed by atoms with Crippen LogP contribution in [0.4, 0.5) is 5.69 Å². The number of nitrogens with two attached hydrogens (primary N) is 1. The van der Waals surface area contributed by atoms with Crippen LogP contribution in [-0.4, -0.2) is 22.7 Å². The molecule has 0 spiro atoms. The summed E-state index contributed by atoms with van der Waals surface area (Å²) in [5.74, 6) is 4.77. The maximum Gasteiger partial charge on any atom is 0.259 e. The summed E-state index contributed by atoms with van der Waals surface area (Å²) in [6, 6.07) is 10.7. The van der Waals surface area contributed by atoms with Gasteiger partial charge in [-0.05, 0) is 36.4 Å². The van der Waals surface area contributed by atoms with Gasteiger partial charge in [-0.3, -0.25) is 4.79 Å². The van der Waals surface area contributed by atoms with Gasteiger partial charge in [-0.25, -0.2) is 0 Å². The van der Waals surface area contributed by atoms with Gasteiger partial charge < -0.3 is 21.3 Å². The summed E-state index contributed by atoms with van der Waals surface area (Å²) in [6.45, 7) is 0.258. The van der Waals surface area contributed by atoms with E-state index in [-0.39, 0.29) is 23.6 Å². The lowest BCUT2D eigenvalue weighted by atomic mass is 10.1. The van der Waals surface area contributed by atoms with E-state index in [1.165, 1.54) is 18.2 Å². The highest BCUT2D eigenvalue weighted by atomic mass is 16.3. The second-order valence-corrected chi connectivity index (χ2v) is 4.24. The number of anilines is 1. The second-order valence-electron chi connectivity index (χ2n) is 4.24. The Morgan fingerprint density at radius 3 is 2.76 bits per heavy atom. The van der Waals surface area contributed by atoms with Crippen molar-refractivity contribution in [1.82, 2.24) is 0 Å². The van der Waals surface area contributed by atoms with Gasteiger partial charge in [-0.2, -0.15) is 0 Å². The van der Waals surface area contributed by atoms with E-state index in [4.69, 9.17) is 5.73 Å². The second kappa shape index (κ2) is 6.46. The molecule has 0 aliphatic carbocycles. The Morgan fingerprint density at radius 2 is 2.00 bits per heavy atom. The van der Waals surface area contributed by atoms with E-state index >= 15 is 0 Å². The highest BCUT2D eigenvalue weighted by Crippen LogP contribution is 2.23. The highest BCUT2D eigenvalue weighted by Gasteiger charge is 2.12. The third-order valence-electron chi connectivity index (χ3n) is 2.68.